The van der Waals surface area contributed by atoms with E-state index >= 15 is 0 Å². The molecule has 0 bridgehead atoms. The van der Waals surface area contributed by atoms with E-state index in [0.29, 0.717) is 6.04 Å². The highest BCUT2D eigenvalue weighted by molar-refractivity contribution is 5.24. The normalized spacial score (nSPS) is 12.8. The molecule has 1 aromatic carbocycles. The molecule has 0 radical (unpaired) electrons. The van der Waals surface area contributed by atoms with E-state index in [0.717, 1.165) is 24.1 Å². The van der Waals surface area contributed by atoms with Gasteiger partial charge in [-0.2, -0.15) is 0 Å². The molecule has 3 heteroatoms. The van der Waals surface area contributed by atoms with Crippen molar-refractivity contribution in [2.75, 3.05) is 6.54 Å². The second-order valence-electron chi connectivity index (χ2n) is 5.12. The molecule has 1 N–H and O–H groups in total. The van der Waals surface area contributed by atoms with E-state index in [9.17, 15) is 4.39 Å². The molecule has 2 rings (SSSR count). The second kappa shape index (κ2) is 6.53. The highest BCUT2D eigenvalue weighted by Gasteiger charge is 2.16. The molecule has 1 aromatic heterocycles. The van der Waals surface area contributed by atoms with E-state index in [1.54, 1.807) is 18.6 Å². The fraction of sp³-hybridized carbons (Fsp3) is 0.375. The minimum atomic E-state index is -0.137. The maximum Gasteiger partial charge on any atom is 0.126 e. The molecule has 0 aliphatic carbocycles. The molecule has 0 amide bonds. The van der Waals surface area contributed by atoms with Gasteiger partial charge in [0.25, 0.3) is 0 Å². The van der Waals surface area contributed by atoms with Gasteiger partial charge in [0.1, 0.15) is 5.82 Å². The Morgan fingerprint density at radius 1 is 1.21 bits per heavy atom. The van der Waals surface area contributed by atoms with Gasteiger partial charge >= 0.3 is 0 Å². The number of nitrogens with one attached hydrogen (secondary N) is 1. The molecule has 0 spiro atoms. The van der Waals surface area contributed by atoms with E-state index < -0.39 is 0 Å². The van der Waals surface area contributed by atoms with Crippen LogP contribution in [-0.2, 0) is 6.42 Å². The number of benzene rings is 1. The number of hydrogen-bond donors (Lipinski definition) is 1. The van der Waals surface area contributed by atoms with Gasteiger partial charge in [0.15, 0.2) is 0 Å². The average molecular weight is 261 g/mol. The molecule has 1 atom stereocenters. The van der Waals surface area contributed by atoms with E-state index in [1.807, 2.05) is 18.2 Å². The van der Waals surface area contributed by atoms with Crippen molar-refractivity contribution in [1.82, 2.24) is 5.32 Å². The Balaban J connectivity index is 2.16. The van der Waals surface area contributed by atoms with Crippen molar-refractivity contribution in [2.45, 2.75) is 32.2 Å². The highest BCUT2D eigenvalue weighted by atomic mass is 19.1. The molecule has 102 valence electrons. The first-order valence-electron chi connectivity index (χ1n) is 6.65. The van der Waals surface area contributed by atoms with Crippen LogP contribution in [0.4, 0.5) is 4.39 Å². The van der Waals surface area contributed by atoms with Crippen molar-refractivity contribution in [2.24, 2.45) is 0 Å². The van der Waals surface area contributed by atoms with E-state index in [-0.39, 0.29) is 11.7 Å². The Morgan fingerprint density at radius 2 is 2.00 bits per heavy atom. The largest absolute Gasteiger partial charge is 0.472 e. The summed E-state index contributed by atoms with van der Waals surface area (Å²) in [7, 11) is 0. The second-order valence-corrected chi connectivity index (χ2v) is 5.12. The summed E-state index contributed by atoms with van der Waals surface area (Å²) in [4.78, 5) is 0. The lowest BCUT2D eigenvalue weighted by Gasteiger charge is -2.19. The minimum absolute atomic E-state index is 0.112. The Kier molecular flexibility index (Phi) is 4.74. The molecule has 1 heterocycles. The molecule has 0 aliphatic rings. The number of hydrogen-bond acceptors (Lipinski definition) is 2. The third-order valence-corrected chi connectivity index (χ3v) is 3.18. The Morgan fingerprint density at radius 3 is 2.63 bits per heavy atom. The van der Waals surface area contributed by atoms with E-state index in [1.165, 1.54) is 6.07 Å². The summed E-state index contributed by atoms with van der Waals surface area (Å²) >= 11 is 0. The maximum absolute atomic E-state index is 13.9. The summed E-state index contributed by atoms with van der Waals surface area (Å²) in [5.74, 6) is -0.0252. The van der Waals surface area contributed by atoms with Gasteiger partial charge in [-0.25, -0.2) is 4.39 Å². The fourth-order valence-corrected chi connectivity index (χ4v) is 2.17. The van der Waals surface area contributed by atoms with Crippen LogP contribution in [0.1, 0.15) is 30.9 Å². The van der Waals surface area contributed by atoms with Crippen LogP contribution in [0.25, 0.3) is 0 Å². The van der Waals surface area contributed by atoms with Crippen LogP contribution < -0.4 is 5.32 Å². The standard InChI is InChI=1S/C16H20FNO/c1-12(2)18-10-14(9-13-7-8-19-11-13)15-5-3-4-6-16(15)17/h3-8,11-12,14,18H,9-10H2,1-2H3. The van der Waals surface area contributed by atoms with Crippen molar-refractivity contribution < 1.29 is 8.81 Å². The first-order chi connectivity index (χ1) is 9.16. The Bertz CT molecular complexity index is 493. The molecule has 2 aromatic rings. The zero-order valence-electron chi connectivity index (χ0n) is 11.4. The summed E-state index contributed by atoms with van der Waals surface area (Å²) in [5, 5.41) is 3.39. The quantitative estimate of drug-likeness (QED) is 0.857. The van der Waals surface area contributed by atoms with Gasteiger partial charge in [-0.15, -0.1) is 0 Å². The topological polar surface area (TPSA) is 25.2 Å². The Labute approximate surface area is 113 Å². The van der Waals surface area contributed by atoms with Crippen LogP contribution in [0, 0.1) is 5.82 Å². The third-order valence-electron chi connectivity index (χ3n) is 3.18. The van der Waals surface area contributed by atoms with Crippen molar-refractivity contribution in [3.05, 3.63) is 59.8 Å². The highest BCUT2D eigenvalue weighted by Crippen LogP contribution is 2.23. The zero-order chi connectivity index (χ0) is 13.7. The predicted molar refractivity (Wildman–Crippen MR) is 74.7 cm³/mol. The molecular weight excluding hydrogens is 241 g/mol. The van der Waals surface area contributed by atoms with Gasteiger partial charge in [0.05, 0.1) is 12.5 Å². The van der Waals surface area contributed by atoms with Crippen LogP contribution in [0.3, 0.4) is 0 Å². The van der Waals surface area contributed by atoms with Crippen molar-refractivity contribution in [3.8, 4) is 0 Å². The minimum Gasteiger partial charge on any atom is -0.472 e. The number of rotatable bonds is 6. The predicted octanol–water partition coefficient (Wildman–Crippen LogP) is 3.74. The third kappa shape index (κ3) is 3.93. The summed E-state index contributed by atoms with van der Waals surface area (Å²) in [6.45, 7) is 4.94. The summed E-state index contributed by atoms with van der Waals surface area (Å²) < 4.78 is 19.0. The van der Waals surface area contributed by atoms with Crippen molar-refractivity contribution in [1.29, 1.82) is 0 Å². The average Bonchev–Trinajstić information content (AvgIpc) is 2.88. The fourth-order valence-electron chi connectivity index (χ4n) is 2.17. The maximum atomic E-state index is 13.9. The molecule has 0 saturated carbocycles. The van der Waals surface area contributed by atoms with Gasteiger partial charge in [0.2, 0.25) is 0 Å². The van der Waals surface area contributed by atoms with Gasteiger partial charge in [-0.05, 0) is 29.7 Å². The van der Waals surface area contributed by atoms with Crippen LogP contribution in [0.2, 0.25) is 0 Å². The number of furan rings is 1. The van der Waals surface area contributed by atoms with Gasteiger partial charge in [0, 0.05) is 18.5 Å². The van der Waals surface area contributed by atoms with Gasteiger partial charge in [-0.3, -0.25) is 0 Å². The van der Waals surface area contributed by atoms with Crippen LogP contribution in [-0.4, -0.2) is 12.6 Å². The summed E-state index contributed by atoms with van der Waals surface area (Å²) in [5.41, 5.74) is 1.86. The van der Waals surface area contributed by atoms with Gasteiger partial charge in [-0.1, -0.05) is 32.0 Å². The summed E-state index contributed by atoms with van der Waals surface area (Å²) in [6.07, 6.45) is 4.16. The van der Waals surface area contributed by atoms with E-state index in [4.69, 9.17) is 4.42 Å². The molecule has 1 unspecified atom stereocenters. The molecule has 0 saturated heterocycles. The SMILES string of the molecule is CC(C)NCC(Cc1ccoc1)c1ccccc1F. The molecule has 2 nitrogen and oxygen atoms in total. The van der Waals surface area contributed by atoms with E-state index in [2.05, 4.69) is 19.2 Å². The van der Waals surface area contributed by atoms with Crippen LogP contribution in [0.5, 0.6) is 0 Å². The molecule has 19 heavy (non-hydrogen) atoms. The van der Waals surface area contributed by atoms with Crippen molar-refractivity contribution >= 4 is 0 Å². The lowest BCUT2D eigenvalue weighted by atomic mass is 9.92. The smallest absolute Gasteiger partial charge is 0.126 e. The lowest BCUT2D eigenvalue weighted by Crippen LogP contribution is -2.29. The van der Waals surface area contributed by atoms with Crippen molar-refractivity contribution in [3.63, 3.8) is 0 Å². The zero-order valence-corrected chi connectivity index (χ0v) is 11.4. The van der Waals surface area contributed by atoms with Gasteiger partial charge < -0.3 is 9.73 Å². The Hall–Kier alpha value is -1.61. The molecule has 0 aliphatic heterocycles. The monoisotopic (exact) mass is 261 g/mol. The molecular formula is C16H20FNO. The first-order valence-corrected chi connectivity index (χ1v) is 6.65. The van der Waals surface area contributed by atoms with Crippen LogP contribution in [0.15, 0.2) is 47.3 Å². The lowest BCUT2D eigenvalue weighted by molar-refractivity contribution is 0.502. The van der Waals surface area contributed by atoms with Crippen LogP contribution >= 0.6 is 0 Å². The first kappa shape index (κ1) is 13.8. The summed E-state index contributed by atoms with van der Waals surface area (Å²) in [6, 6.07) is 9.32. The molecule has 0 fully saturated rings. The number of halogens is 1.